The van der Waals surface area contributed by atoms with Gasteiger partial charge in [0.2, 0.25) is 15.7 Å². The number of primary amides is 1. The number of carbonyl (C=O) groups is 1. The molecule has 2 heterocycles. The lowest BCUT2D eigenvalue weighted by Gasteiger charge is -2.23. The van der Waals surface area contributed by atoms with Crippen molar-refractivity contribution in [2.45, 2.75) is 48.4 Å². The number of benzene rings is 2. The molecule has 0 aliphatic heterocycles. The van der Waals surface area contributed by atoms with Crippen LogP contribution in [0.1, 0.15) is 59.7 Å². The van der Waals surface area contributed by atoms with E-state index in [1.165, 1.54) is 35.0 Å². The van der Waals surface area contributed by atoms with Crippen LogP contribution in [-0.4, -0.2) is 34.0 Å². The van der Waals surface area contributed by atoms with Crippen molar-refractivity contribution in [1.29, 1.82) is 5.26 Å². The van der Waals surface area contributed by atoms with Gasteiger partial charge in [0, 0.05) is 18.2 Å². The number of aromatic hydroxyl groups is 1. The zero-order chi connectivity index (χ0) is 29.3. The van der Waals surface area contributed by atoms with Crippen LogP contribution in [0.15, 0.2) is 81.4 Å². The zero-order valence-corrected chi connectivity index (χ0v) is 23.0. The SMILES string of the molecule is CCC(c1cccc(C#N)c1)n1c(CC2CC2)nc(O)c(S(=O)(=O)c2ccc(-c3cccnc3C(N)=O)cc2)c1=O. The van der Waals surface area contributed by atoms with Crippen molar-refractivity contribution in [3.8, 4) is 23.1 Å². The second-order valence-electron chi connectivity index (χ2n) is 9.96. The lowest BCUT2D eigenvalue weighted by molar-refractivity contribution is 0.0996. The quantitative estimate of drug-likeness (QED) is 0.307. The van der Waals surface area contributed by atoms with Gasteiger partial charge in [-0.25, -0.2) is 8.42 Å². The summed E-state index contributed by atoms with van der Waals surface area (Å²) in [5.74, 6) is -0.988. The number of hydrogen-bond acceptors (Lipinski definition) is 8. The van der Waals surface area contributed by atoms with Gasteiger partial charge in [-0.2, -0.15) is 10.2 Å². The van der Waals surface area contributed by atoms with Gasteiger partial charge in [0.25, 0.3) is 11.5 Å². The second kappa shape index (κ2) is 11.0. The second-order valence-corrected chi connectivity index (χ2v) is 11.8. The number of nitrogens with two attached hydrogens (primary N) is 1. The Morgan fingerprint density at radius 2 is 1.90 bits per heavy atom. The Morgan fingerprint density at radius 1 is 1.17 bits per heavy atom. The molecule has 41 heavy (non-hydrogen) atoms. The first-order chi connectivity index (χ1) is 19.6. The number of rotatable bonds is 9. The van der Waals surface area contributed by atoms with Crippen LogP contribution < -0.4 is 11.3 Å². The summed E-state index contributed by atoms with van der Waals surface area (Å²) in [6.07, 6.45) is 4.17. The maximum atomic E-state index is 14.0. The molecule has 208 valence electrons. The van der Waals surface area contributed by atoms with E-state index in [9.17, 15) is 28.4 Å². The lowest BCUT2D eigenvalue weighted by atomic mass is 10.0. The van der Waals surface area contributed by atoms with Crippen LogP contribution in [0.25, 0.3) is 11.1 Å². The van der Waals surface area contributed by atoms with Crippen LogP contribution in [0.4, 0.5) is 0 Å². The molecule has 5 rings (SSSR count). The fraction of sp³-hybridized carbons (Fsp3) is 0.233. The van der Waals surface area contributed by atoms with Gasteiger partial charge in [-0.3, -0.25) is 19.1 Å². The normalized spacial score (nSPS) is 13.9. The van der Waals surface area contributed by atoms with E-state index in [1.807, 2.05) is 6.92 Å². The average Bonchev–Trinajstić information content (AvgIpc) is 3.79. The van der Waals surface area contributed by atoms with Crippen LogP contribution in [0.3, 0.4) is 0 Å². The molecule has 10 nitrogen and oxygen atoms in total. The maximum Gasteiger partial charge on any atom is 0.277 e. The predicted octanol–water partition coefficient (Wildman–Crippen LogP) is 3.77. The molecule has 0 radical (unpaired) electrons. The lowest BCUT2D eigenvalue weighted by Crippen LogP contribution is -2.33. The molecule has 2 aromatic carbocycles. The average molecular weight is 570 g/mol. The van der Waals surface area contributed by atoms with E-state index in [0.717, 1.165) is 12.8 Å². The summed E-state index contributed by atoms with van der Waals surface area (Å²) in [4.78, 5) is 33.0. The van der Waals surface area contributed by atoms with Crippen molar-refractivity contribution in [1.82, 2.24) is 14.5 Å². The van der Waals surface area contributed by atoms with Gasteiger partial charge in [-0.05, 0) is 66.6 Å². The number of aromatic nitrogens is 3. The molecule has 1 fully saturated rings. The first kappa shape index (κ1) is 27.7. The molecule has 3 N–H and O–H groups in total. The Balaban J connectivity index is 1.64. The van der Waals surface area contributed by atoms with E-state index in [-0.39, 0.29) is 10.6 Å². The molecule has 1 aliphatic rings. The van der Waals surface area contributed by atoms with Gasteiger partial charge in [-0.15, -0.1) is 0 Å². The molecule has 1 amide bonds. The highest BCUT2D eigenvalue weighted by molar-refractivity contribution is 7.91. The Kier molecular flexibility index (Phi) is 7.43. The van der Waals surface area contributed by atoms with Gasteiger partial charge >= 0.3 is 0 Å². The predicted molar refractivity (Wildman–Crippen MR) is 150 cm³/mol. The Hall–Kier alpha value is -4.82. The topological polar surface area (TPSA) is 169 Å². The third-order valence-electron chi connectivity index (χ3n) is 7.18. The van der Waals surface area contributed by atoms with E-state index in [4.69, 9.17) is 5.73 Å². The highest BCUT2D eigenvalue weighted by Crippen LogP contribution is 2.35. The summed E-state index contributed by atoms with van der Waals surface area (Å²) >= 11 is 0. The van der Waals surface area contributed by atoms with Gasteiger partial charge < -0.3 is 10.8 Å². The standard InChI is InChI=1S/C30H27N5O5S/c1-2-24(21-6-3-5-19(15-21)17-31)35-25(16-18-8-9-18)34-29(37)27(30(35)38)41(39,40)22-12-10-20(11-13-22)23-7-4-14-33-26(23)28(32)36/h3-7,10-15,18,24,37H,2,8-9,16H2,1H3,(H2,32,36). The van der Waals surface area contributed by atoms with E-state index in [2.05, 4.69) is 16.0 Å². The smallest absolute Gasteiger partial charge is 0.277 e. The third-order valence-corrected chi connectivity index (χ3v) is 8.97. The van der Waals surface area contributed by atoms with E-state index in [0.29, 0.717) is 46.8 Å². The van der Waals surface area contributed by atoms with Crippen LogP contribution in [0.2, 0.25) is 0 Å². The number of pyridine rings is 1. The van der Waals surface area contributed by atoms with Crippen molar-refractivity contribution in [3.63, 3.8) is 0 Å². The molecule has 1 saturated carbocycles. The number of nitrogens with zero attached hydrogens (tertiary/aromatic N) is 4. The van der Waals surface area contributed by atoms with Gasteiger partial charge in [0.1, 0.15) is 11.5 Å². The fourth-order valence-electron chi connectivity index (χ4n) is 4.98. The Bertz CT molecular complexity index is 1860. The number of sulfone groups is 1. The van der Waals surface area contributed by atoms with Crippen LogP contribution in [0.5, 0.6) is 5.88 Å². The molecule has 4 aromatic rings. The minimum Gasteiger partial charge on any atom is -0.492 e. The van der Waals surface area contributed by atoms with Crippen molar-refractivity contribution < 1.29 is 18.3 Å². The summed E-state index contributed by atoms with van der Waals surface area (Å²) in [6.45, 7) is 1.86. The minimum atomic E-state index is -4.52. The molecule has 1 unspecified atom stereocenters. The molecule has 1 atom stereocenters. The molecule has 0 spiro atoms. The van der Waals surface area contributed by atoms with Crippen molar-refractivity contribution in [2.75, 3.05) is 0 Å². The number of amides is 1. The van der Waals surface area contributed by atoms with Crippen molar-refractivity contribution in [2.24, 2.45) is 11.7 Å². The molecule has 2 aromatic heterocycles. The monoisotopic (exact) mass is 569 g/mol. The van der Waals surface area contributed by atoms with Gasteiger partial charge in [0.15, 0.2) is 4.90 Å². The molecular formula is C30H27N5O5S. The highest BCUT2D eigenvalue weighted by atomic mass is 32.2. The summed E-state index contributed by atoms with van der Waals surface area (Å²) in [5, 5.41) is 20.3. The maximum absolute atomic E-state index is 14.0. The van der Waals surface area contributed by atoms with E-state index >= 15 is 0 Å². The van der Waals surface area contributed by atoms with Crippen molar-refractivity contribution >= 4 is 15.7 Å². The minimum absolute atomic E-state index is 0.0326. The zero-order valence-electron chi connectivity index (χ0n) is 22.2. The van der Waals surface area contributed by atoms with Crippen LogP contribution in [0, 0.1) is 17.2 Å². The summed E-state index contributed by atoms with van der Waals surface area (Å²) < 4.78 is 29.0. The molecular weight excluding hydrogens is 542 g/mol. The molecule has 0 saturated heterocycles. The van der Waals surface area contributed by atoms with E-state index < -0.39 is 38.1 Å². The Morgan fingerprint density at radius 3 is 2.54 bits per heavy atom. The summed E-state index contributed by atoms with van der Waals surface area (Å²) in [5.41, 5.74) is 6.57. The van der Waals surface area contributed by atoms with Crippen LogP contribution in [-0.2, 0) is 16.3 Å². The summed E-state index contributed by atoms with van der Waals surface area (Å²) in [6, 6.07) is 17.1. The Labute approximate surface area is 236 Å². The highest BCUT2D eigenvalue weighted by Gasteiger charge is 2.33. The first-order valence-corrected chi connectivity index (χ1v) is 14.6. The largest absolute Gasteiger partial charge is 0.492 e. The number of carbonyl (C=O) groups excluding carboxylic acids is 1. The summed E-state index contributed by atoms with van der Waals surface area (Å²) in [7, 11) is -4.52. The first-order valence-electron chi connectivity index (χ1n) is 13.1. The number of hydrogen-bond donors (Lipinski definition) is 2. The van der Waals surface area contributed by atoms with Crippen LogP contribution >= 0.6 is 0 Å². The van der Waals surface area contributed by atoms with Crippen molar-refractivity contribution in [3.05, 3.63) is 99.9 Å². The van der Waals surface area contributed by atoms with Gasteiger partial charge in [-0.1, -0.05) is 37.3 Å². The molecule has 1 aliphatic carbocycles. The van der Waals surface area contributed by atoms with Gasteiger partial charge in [0.05, 0.1) is 22.6 Å². The third kappa shape index (κ3) is 5.34. The molecule has 11 heteroatoms. The number of nitriles is 1. The van der Waals surface area contributed by atoms with E-state index in [1.54, 1.807) is 36.4 Å². The fourth-order valence-corrected chi connectivity index (χ4v) is 6.32. The molecule has 0 bridgehead atoms.